The van der Waals surface area contributed by atoms with Crippen LogP contribution in [0.5, 0.6) is 0 Å². The van der Waals surface area contributed by atoms with Gasteiger partial charge in [0.25, 0.3) is 0 Å². The number of hydrogen-bond donors (Lipinski definition) is 2. The van der Waals surface area contributed by atoms with Crippen molar-refractivity contribution in [2.75, 3.05) is 25.0 Å². The first-order chi connectivity index (χ1) is 11.1. The second-order valence-electron chi connectivity index (χ2n) is 5.54. The number of carbonyl (C=O) groups excluding carboxylic acids is 1. The molecular weight excluding hydrogens is 290 g/mol. The molecule has 122 valence electrons. The number of aryl methyl sites for hydroxylation is 1. The predicted octanol–water partition coefficient (Wildman–Crippen LogP) is 2.38. The Kier molecular flexibility index (Phi) is 6.26. The number of nitrogens with zero attached hydrogens (tertiary/aromatic N) is 2. The number of carbonyl (C=O) groups is 1. The number of rotatable bonds is 7. The molecule has 2 N–H and O–H groups in total. The molecule has 0 aliphatic carbocycles. The lowest BCUT2D eigenvalue weighted by atomic mass is 10.1. The normalized spacial score (nSPS) is 12.2. The molecular formula is C18H23N3O2. The Hall–Kier alpha value is -2.24. The molecule has 0 aliphatic rings. The number of likely N-dealkylation sites (N-methyl/N-ethyl adjacent to an activating group) is 1. The van der Waals surface area contributed by atoms with E-state index in [2.05, 4.69) is 10.3 Å². The number of aliphatic hydroxyl groups excluding tert-OH is 1. The van der Waals surface area contributed by atoms with Crippen LogP contribution in [0.2, 0.25) is 0 Å². The fourth-order valence-electron chi connectivity index (χ4n) is 2.28. The van der Waals surface area contributed by atoms with Crippen molar-refractivity contribution in [1.82, 2.24) is 9.88 Å². The Balaban J connectivity index is 1.89. The first-order valence-corrected chi connectivity index (χ1v) is 7.75. The second kappa shape index (κ2) is 8.41. The van der Waals surface area contributed by atoms with Crippen molar-refractivity contribution >= 4 is 11.6 Å². The number of aliphatic hydroxyl groups is 1. The Morgan fingerprint density at radius 1 is 1.22 bits per heavy atom. The van der Waals surface area contributed by atoms with Crippen LogP contribution in [-0.4, -0.2) is 40.5 Å². The van der Waals surface area contributed by atoms with Gasteiger partial charge < -0.3 is 10.4 Å². The number of nitrogens with one attached hydrogen (secondary N) is 1. The van der Waals surface area contributed by atoms with Gasteiger partial charge in [0, 0.05) is 24.6 Å². The van der Waals surface area contributed by atoms with Crippen LogP contribution in [0.3, 0.4) is 0 Å². The summed E-state index contributed by atoms with van der Waals surface area (Å²) in [4.78, 5) is 17.9. The van der Waals surface area contributed by atoms with Gasteiger partial charge in [0.05, 0.1) is 12.6 Å². The van der Waals surface area contributed by atoms with Gasteiger partial charge >= 0.3 is 0 Å². The number of pyridine rings is 1. The molecule has 0 aliphatic heterocycles. The highest BCUT2D eigenvalue weighted by molar-refractivity contribution is 5.92. The van der Waals surface area contributed by atoms with Crippen molar-refractivity contribution in [2.24, 2.45) is 0 Å². The third-order valence-electron chi connectivity index (χ3n) is 3.67. The van der Waals surface area contributed by atoms with Crippen molar-refractivity contribution in [3.63, 3.8) is 0 Å². The summed E-state index contributed by atoms with van der Waals surface area (Å²) in [5.41, 5.74) is 2.74. The van der Waals surface area contributed by atoms with Crippen LogP contribution >= 0.6 is 0 Å². The van der Waals surface area contributed by atoms with Crippen LogP contribution in [0, 0.1) is 6.92 Å². The van der Waals surface area contributed by atoms with E-state index in [-0.39, 0.29) is 12.5 Å². The molecule has 0 saturated heterocycles. The van der Waals surface area contributed by atoms with E-state index in [0.717, 1.165) is 16.8 Å². The Morgan fingerprint density at radius 2 is 1.87 bits per heavy atom. The van der Waals surface area contributed by atoms with E-state index in [1.807, 2.05) is 43.0 Å². The van der Waals surface area contributed by atoms with Gasteiger partial charge in [-0.3, -0.25) is 14.7 Å². The summed E-state index contributed by atoms with van der Waals surface area (Å²) in [6, 6.07) is 11.3. The predicted molar refractivity (Wildman–Crippen MR) is 91.1 cm³/mol. The Bertz CT molecular complexity index is 614. The zero-order valence-corrected chi connectivity index (χ0v) is 13.6. The topological polar surface area (TPSA) is 65.5 Å². The SMILES string of the molecule is CCN(CC(=O)Nc1ccncc1)CC(O)c1ccc(C)cc1. The molecule has 5 nitrogen and oxygen atoms in total. The van der Waals surface area contributed by atoms with Crippen molar-refractivity contribution in [3.05, 3.63) is 59.9 Å². The third-order valence-corrected chi connectivity index (χ3v) is 3.67. The monoisotopic (exact) mass is 313 g/mol. The van der Waals surface area contributed by atoms with E-state index >= 15 is 0 Å². The van der Waals surface area contributed by atoms with Gasteiger partial charge in [-0.2, -0.15) is 0 Å². The summed E-state index contributed by atoms with van der Waals surface area (Å²) in [6.07, 6.45) is 2.66. The van der Waals surface area contributed by atoms with E-state index in [1.165, 1.54) is 0 Å². The highest BCUT2D eigenvalue weighted by atomic mass is 16.3. The third kappa shape index (κ3) is 5.47. The lowest BCUT2D eigenvalue weighted by molar-refractivity contribution is -0.117. The highest BCUT2D eigenvalue weighted by Crippen LogP contribution is 2.15. The summed E-state index contributed by atoms with van der Waals surface area (Å²) in [5.74, 6) is -0.103. The van der Waals surface area contributed by atoms with Gasteiger partial charge in [0.15, 0.2) is 0 Å². The maximum absolute atomic E-state index is 12.1. The molecule has 1 unspecified atom stereocenters. The van der Waals surface area contributed by atoms with Crippen LogP contribution in [0.1, 0.15) is 24.2 Å². The average Bonchev–Trinajstić information content (AvgIpc) is 2.55. The molecule has 2 aromatic rings. The summed E-state index contributed by atoms with van der Waals surface area (Å²) in [6.45, 7) is 5.33. The molecule has 5 heteroatoms. The standard InChI is InChI=1S/C18H23N3O2/c1-3-21(12-17(22)15-6-4-14(2)5-7-15)13-18(23)20-16-8-10-19-11-9-16/h4-11,17,22H,3,12-13H2,1-2H3,(H,19,20,23). The molecule has 1 aromatic carbocycles. The van der Waals surface area contributed by atoms with Gasteiger partial charge in [-0.1, -0.05) is 36.8 Å². The number of aromatic nitrogens is 1. The van der Waals surface area contributed by atoms with E-state index < -0.39 is 6.10 Å². The summed E-state index contributed by atoms with van der Waals surface area (Å²) >= 11 is 0. The number of anilines is 1. The molecule has 0 spiro atoms. The molecule has 1 aromatic heterocycles. The maximum Gasteiger partial charge on any atom is 0.238 e. The largest absolute Gasteiger partial charge is 0.387 e. The molecule has 1 heterocycles. The fourth-order valence-corrected chi connectivity index (χ4v) is 2.28. The molecule has 0 saturated carbocycles. The Morgan fingerprint density at radius 3 is 2.48 bits per heavy atom. The van der Waals surface area contributed by atoms with Gasteiger partial charge in [-0.15, -0.1) is 0 Å². The molecule has 0 fully saturated rings. The first kappa shape index (κ1) is 17.1. The summed E-state index contributed by atoms with van der Waals surface area (Å²) in [7, 11) is 0. The van der Waals surface area contributed by atoms with Gasteiger partial charge in [-0.25, -0.2) is 0 Å². The van der Waals surface area contributed by atoms with Crippen molar-refractivity contribution in [3.8, 4) is 0 Å². The van der Waals surface area contributed by atoms with Gasteiger partial charge in [0.2, 0.25) is 5.91 Å². The van der Waals surface area contributed by atoms with Crippen molar-refractivity contribution in [2.45, 2.75) is 20.0 Å². The molecule has 0 bridgehead atoms. The van der Waals surface area contributed by atoms with Crippen molar-refractivity contribution in [1.29, 1.82) is 0 Å². The van der Waals surface area contributed by atoms with Crippen LogP contribution < -0.4 is 5.32 Å². The first-order valence-electron chi connectivity index (χ1n) is 7.75. The van der Waals surface area contributed by atoms with Crippen LogP contribution in [0.4, 0.5) is 5.69 Å². The van der Waals surface area contributed by atoms with Crippen molar-refractivity contribution < 1.29 is 9.90 Å². The lowest BCUT2D eigenvalue weighted by Crippen LogP contribution is -2.36. The van der Waals surface area contributed by atoms with E-state index in [0.29, 0.717) is 13.1 Å². The van der Waals surface area contributed by atoms with Crippen LogP contribution in [0.15, 0.2) is 48.8 Å². The van der Waals surface area contributed by atoms with Crippen LogP contribution in [0.25, 0.3) is 0 Å². The molecule has 2 rings (SSSR count). The number of hydrogen-bond acceptors (Lipinski definition) is 4. The van der Waals surface area contributed by atoms with E-state index in [4.69, 9.17) is 0 Å². The maximum atomic E-state index is 12.1. The fraction of sp³-hybridized carbons (Fsp3) is 0.333. The van der Waals surface area contributed by atoms with E-state index in [1.54, 1.807) is 24.5 Å². The minimum atomic E-state index is -0.607. The van der Waals surface area contributed by atoms with E-state index in [9.17, 15) is 9.90 Å². The Labute approximate surface area is 137 Å². The second-order valence-corrected chi connectivity index (χ2v) is 5.54. The smallest absolute Gasteiger partial charge is 0.238 e. The highest BCUT2D eigenvalue weighted by Gasteiger charge is 2.15. The molecule has 1 amide bonds. The molecule has 23 heavy (non-hydrogen) atoms. The zero-order valence-electron chi connectivity index (χ0n) is 13.6. The lowest BCUT2D eigenvalue weighted by Gasteiger charge is -2.23. The minimum Gasteiger partial charge on any atom is -0.387 e. The summed E-state index contributed by atoms with van der Waals surface area (Å²) < 4.78 is 0. The number of benzene rings is 1. The summed E-state index contributed by atoms with van der Waals surface area (Å²) in [5, 5.41) is 13.2. The zero-order chi connectivity index (χ0) is 16.7. The molecule has 1 atom stereocenters. The quantitative estimate of drug-likeness (QED) is 0.824. The minimum absolute atomic E-state index is 0.103. The van der Waals surface area contributed by atoms with Gasteiger partial charge in [0.1, 0.15) is 0 Å². The molecule has 0 radical (unpaired) electrons. The van der Waals surface area contributed by atoms with Gasteiger partial charge in [-0.05, 0) is 31.2 Å². The average molecular weight is 313 g/mol. The van der Waals surface area contributed by atoms with Crippen LogP contribution in [-0.2, 0) is 4.79 Å². The number of amides is 1.